The summed E-state index contributed by atoms with van der Waals surface area (Å²) in [6, 6.07) is 5.59. The molecule has 1 saturated heterocycles. The zero-order chi connectivity index (χ0) is 15.5. The highest BCUT2D eigenvalue weighted by Crippen LogP contribution is 2.36. The fourth-order valence-electron chi connectivity index (χ4n) is 2.46. The van der Waals surface area contributed by atoms with Gasteiger partial charge in [-0.25, -0.2) is 0 Å². The number of hydrogen-bond donors (Lipinski definition) is 1. The van der Waals surface area contributed by atoms with Gasteiger partial charge in [-0.05, 0) is 17.7 Å². The summed E-state index contributed by atoms with van der Waals surface area (Å²) < 4.78 is 16.6. The van der Waals surface area contributed by atoms with Gasteiger partial charge >= 0.3 is 5.97 Å². The molecule has 5 heteroatoms. The molecule has 21 heavy (non-hydrogen) atoms. The van der Waals surface area contributed by atoms with Gasteiger partial charge in [0.15, 0.2) is 11.5 Å². The average Bonchev–Trinajstić information content (AvgIpc) is 2.90. The quantitative estimate of drug-likeness (QED) is 0.873. The van der Waals surface area contributed by atoms with Gasteiger partial charge in [0.2, 0.25) is 0 Å². The van der Waals surface area contributed by atoms with Crippen LogP contribution in [0, 0.1) is 0 Å². The lowest BCUT2D eigenvalue weighted by atomic mass is 9.81. The third-order valence-electron chi connectivity index (χ3n) is 3.72. The topological polar surface area (TPSA) is 65.0 Å². The molecule has 0 bridgehead atoms. The minimum Gasteiger partial charge on any atom is -0.493 e. The van der Waals surface area contributed by atoms with Crippen LogP contribution < -0.4 is 9.47 Å². The zero-order valence-corrected chi connectivity index (χ0v) is 12.7. The summed E-state index contributed by atoms with van der Waals surface area (Å²) in [7, 11) is 1.59. The maximum atomic E-state index is 11.0. The molecule has 1 atom stereocenters. The maximum Gasteiger partial charge on any atom is 0.304 e. The smallest absolute Gasteiger partial charge is 0.304 e. The highest BCUT2D eigenvalue weighted by atomic mass is 16.6. The number of benzene rings is 1. The van der Waals surface area contributed by atoms with E-state index in [0.29, 0.717) is 24.7 Å². The standard InChI is InChI=1S/C16H22O5/c1-16(2,9-15(17)18)11-4-5-13(19-3)14(8-11)21-12-6-7-20-10-12/h4-5,8,12H,6-7,9-10H2,1-3H3,(H,17,18). The number of carboxylic acid groups (broad SMARTS) is 1. The van der Waals surface area contributed by atoms with Crippen LogP contribution in [-0.2, 0) is 14.9 Å². The predicted molar refractivity (Wildman–Crippen MR) is 78.1 cm³/mol. The molecule has 0 spiro atoms. The Morgan fingerprint density at radius 3 is 2.76 bits per heavy atom. The van der Waals surface area contributed by atoms with Gasteiger partial charge in [0.1, 0.15) is 6.10 Å². The number of carboxylic acids is 1. The molecule has 0 saturated carbocycles. The number of methoxy groups -OCH3 is 1. The van der Waals surface area contributed by atoms with Crippen molar-refractivity contribution in [3.8, 4) is 11.5 Å². The second kappa shape index (κ2) is 6.35. The molecule has 1 aromatic carbocycles. The molecule has 0 aromatic heterocycles. The lowest BCUT2D eigenvalue weighted by molar-refractivity contribution is -0.138. The van der Waals surface area contributed by atoms with Gasteiger partial charge in [-0.15, -0.1) is 0 Å². The Kier molecular flexibility index (Phi) is 4.73. The van der Waals surface area contributed by atoms with E-state index in [1.54, 1.807) is 7.11 Å². The number of rotatable bonds is 6. The van der Waals surface area contributed by atoms with Gasteiger partial charge in [0.05, 0.1) is 26.7 Å². The Labute approximate surface area is 124 Å². The van der Waals surface area contributed by atoms with Crippen LogP contribution in [0.15, 0.2) is 18.2 Å². The van der Waals surface area contributed by atoms with Crippen molar-refractivity contribution in [1.29, 1.82) is 0 Å². The Morgan fingerprint density at radius 1 is 1.43 bits per heavy atom. The molecule has 1 aliphatic heterocycles. The molecular weight excluding hydrogens is 272 g/mol. The van der Waals surface area contributed by atoms with Crippen molar-refractivity contribution in [2.24, 2.45) is 0 Å². The Balaban J connectivity index is 2.25. The first-order chi connectivity index (χ1) is 9.92. The normalized spacial score (nSPS) is 18.5. The van der Waals surface area contributed by atoms with Crippen LogP contribution in [0.3, 0.4) is 0 Å². The Morgan fingerprint density at radius 2 is 2.19 bits per heavy atom. The van der Waals surface area contributed by atoms with E-state index in [0.717, 1.165) is 12.0 Å². The molecule has 1 heterocycles. The van der Waals surface area contributed by atoms with Gasteiger partial charge in [0, 0.05) is 11.8 Å². The number of carbonyl (C=O) groups is 1. The summed E-state index contributed by atoms with van der Waals surface area (Å²) in [5.41, 5.74) is 0.446. The SMILES string of the molecule is COc1ccc(C(C)(C)CC(=O)O)cc1OC1CCOC1. The van der Waals surface area contributed by atoms with Crippen molar-refractivity contribution in [1.82, 2.24) is 0 Å². The predicted octanol–water partition coefficient (Wildman–Crippen LogP) is 2.62. The molecule has 5 nitrogen and oxygen atoms in total. The lowest BCUT2D eigenvalue weighted by Gasteiger charge is -2.25. The average molecular weight is 294 g/mol. The first kappa shape index (κ1) is 15.6. The molecule has 0 radical (unpaired) electrons. The fourth-order valence-corrected chi connectivity index (χ4v) is 2.46. The van der Waals surface area contributed by atoms with Crippen molar-refractivity contribution in [3.63, 3.8) is 0 Å². The number of hydrogen-bond acceptors (Lipinski definition) is 4. The summed E-state index contributed by atoms with van der Waals surface area (Å²) in [6.45, 7) is 5.10. The highest BCUT2D eigenvalue weighted by Gasteiger charge is 2.26. The number of ether oxygens (including phenoxy) is 3. The van der Waals surface area contributed by atoms with E-state index in [9.17, 15) is 4.79 Å². The van der Waals surface area contributed by atoms with E-state index in [1.165, 1.54) is 0 Å². The minimum atomic E-state index is -0.817. The van der Waals surface area contributed by atoms with Gasteiger partial charge in [0.25, 0.3) is 0 Å². The molecule has 1 aromatic rings. The minimum absolute atomic E-state index is 0.0248. The Bertz CT molecular complexity index is 503. The summed E-state index contributed by atoms with van der Waals surface area (Å²) in [4.78, 5) is 11.0. The van der Waals surface area contributed by atoms with Crippen molar-refractivity contribution < 1.29 is 24.1 Å². The van der Waals surface area contributed by atoms with Crippen molar-refractivity contribution in [3.05, 3.63) is 23.8 Å². The van der Waals surface area contributed by atoms with E-state index in [4.69, 9.17) is 19.3 Å². The molecule has 2 rings (SSSR count). The second-order valence-corrected chi connectivity index (χ2v) is 5.92. The maximum absolute atomic E-state index is 11.0. The molecule has 1 aliphatic rings. The number of aliphatic carboxylic acids is 1. The van der Waals surface area contributed by atoms with Crippen LogP contribution >= 0.6 is 0 Å². The third kappa shape index (κ3) is 3.88. The first-order valence-corrected chi connectivity index (χ1v) is 7.07. The largest absolute Gasteiger partial charge is 0.493 e. The molecular formula is C16H22O5. The van der Waals surface area contributed by atoms with Crippen LogP contribution in [0.25, 0.3) is 0 Å². The highest BCUT2D eigenvalue weighted by molar-refractivity contribution is 5.69. The van der Waals surface area contributed by atoms with Crippen LogP contribution in [-0.4, -0.2) is 37.5 Å². The van der Waals surface area contributed by atoms with Crippen molar-refractivity contribution in [2.45, 2.75) is 38.2 Å². The van der Waals surface area contributed by atoms with Crippen LogP contribution in [0.4, 0.5) is 0 Å². The van der Waals surface area contributed by atoms with Crippen LogP contribution in [0.5, 0.6) is 11.5 Å². The van der Waals surface area contributed by atoms with Crippen molar-refractivity contribution in [2.75, 3.05) is 20.3 Å². The molecule has 0 amide bonds. The van der Waals surface area contributed by atoms with Gasteiger partial charge < -0.3 is 19.3 Å². The molecule has 116 valence electrons. The molecule has 0 aliphatic carbocycles. The molecule has 1 unspecified atom stereocenters. The lowest BCUT2D eigenvalue weighted by Crippen LogP contribution is -2.22. The van der Waals surface area contributed by atoms with Gasteiger partial charge in [-0.1, -0.05) is 19.9 Å². The summed E-state index contributed by atoms with van der Waals surface area (Å²) >= 11 is 0. The Hall–Kier alpha value is -1.75. The van der Waals surface area contributed by atoms with E-state index in [-0.39, 0.29) is 12.5 Å². The first-order valence-electron chi connectivity index (χ1n) is 7.07. The fraction of sp³-hybridized carbons (Fsp3) is 0.562. The summed E-state index contributed by atoms with van der Waals surface area (Å²) in [5.74, 6) is 0.475. The van der Waals surface area contributed by atoms with Crippen molar-refractivity contribution >= 4 is 5.97 Å². The van der Waals surface area contributed by atoms with E-state index < -0.39 is 11.4 Å². The van der Waals surface area contributed by atoms with Gasteiger partial charge in [-0.2, -0.15) is 0 Å². The third-order valence-corrected chi connectivity index (χ3v) is 3.72. The van der Waals surface area contributed by atoms with Crippen LogP contribution in [0.2, 0.25) is 0 Å². The van der Waals surface area contributed by atoms with E-state index in [1.807, 2.05) is 32.0 Å². The van der Waals surface area contributed by atoms with E-state index >= 15 is 0 Å². The monoisotopic (exact) mass is 294 g/mol. The summed E-state index contributed by atoms with van der Waals surface area (Å²) in [5, 5.41) is 9.04. The van der Waals surface area contributed by atoms with Crippen LogP contribution in [0.1, 0.15) is 32.3 Å². The zero-order valence-electron chi connectivity index (χ0n) is 12.7. The van der Waals surface area contributed by atoms with E-state index in [2.05, 4.69) is 0 Å². The molecule has 1 fully saturated rings. The summed E-state index contributed by atoms with van der Waals surface area (Å²) in [6.07, 6.45) is 0.939. The second-order valence-electron chi connectivity index (χ2n) is 5.92. The molecule has 1 N–H and O–H groups in total. The van der Waals surface area contributed by atoms with Gasteiger partial charge in [-0.3, -0.25) is 4.79 Å².